The van der Waals surface area contributed by atoms with Gasteiger partial charge in [-0.3, -0.25) is 4.79 Å². The van der Waals surface area contributed by atoms with Crippen molar-refractivity contribution in [3.63, 3.8) is 0 Å². The number of hydrogen-bond donors (Lipinski definition) is 1. The van der Waals surface area contributed by atoms with Crippen molar-refractivity contribution in [1.29, 1.82) is 0 Å². The Balaban J connectivity index is 1.54. The van der Waals surface area contributed by atoms with E-state index in [2.05, 4.69) is 17.3 Å². The highest BCUT2D eigenvalue weighted by Crippen LogP contribution is 2.17. The van der Waals surface area contributed by atoms with Crippen LogP contribution < -0.4 is 10.1 Å². The average molecular weight is 328 g/mol. The Kier molecular flexibility index (Phi) is 5.20. The number of hydrogen-bond acceptors (Lipinski definition) is 4. The first kappa shape index (κ1) is 16.6. The number of likely N-dealkylation sites (tertiary alicyclic amines) is 1. The number of carbonyl (C=O) groups excluding carboxylic acids is 1. The monoisotopic (exact) mass is 328 g/mol. The van der Waals surface area contributed by atoms with Crippen molar-refractivity contribution in [1.82, 2.24) is 10.2 Å². The second-order valence-electron chi connectivity index (χ2n) is 6.49. The minimum atomic E-state index is -0.0965. The predicted octanol–water partition coefficient (Wildman–Crippen LogP) is 2.85. The van der Waals surface area contributed by atoms with E-state index in [0.717, 1.165) is 25.3 Å². The second-order valence-corrected chi connectivity index (χ2v) is 6.49. The highest BCUT2D eigenvalue weighted by molar-refractivity contribution is 5.95. The molecule has 0 aliphatic carbocycles. The van der Waals surface area contributed by atoms with Gasteiger partial charge >= 0.3 is 0 Å². The molecule has 5 heteroatoms. The van der Waals surface area contributed by atoms with E-state index in [1.54, 1.807) is 6.07 Å². The van der Waals surface area contributed by atoms with Crippen LogP contribution in [0, 0.1) is 12.8 Å². The summed E-state index contributed by atoms with van der Waals surface area (Å²) in [7, 11) is 2.11. The zero-order chi connectivity index (χ0) is 16.9. The van der Waals surface area contributed by atoms with Crippen LogP contribution in [0.5, 0.6) is 5.75 Å². The second kappa shape index (κ2) is 7.53. The average Bonchev–Trinajstić information content (AvgIpc) is 3.21. The van der Waals surface area contributed by atoms with Gasteiger partial charge in [-0.15, -0.1) is 0 Å². The first-order valence-electron chi connectivity index (χ1n) is 8.34. The quantitative estimate of drug-likeness (QED) is 0.886. The van der Waals surface area contributed by atoms with Gasteiger partial charge in [0, 0.05) is 13.1 Å². The Morgan fingerprint density at radius 2 is 2.12 bits per heavy atom. The minimum absolute atomic E-state index is 0.0965. The lowest BCUT2D eigenvalue weighted by Gasteiger charge is -2.12. The molecule has 1 amide bonds. The van der Waals surface area contributed by atoms with Crippen molar-refractivity contribution in [3.8, 4) is 5.75 Å². The third-order valence-electron chi connectivity index (χ3n) is 4.42. The molecule has 0 unspecified atom stereocenters. The van der Waals surface area contributed by atoms with Crippen molar-refractivity contribution >= 4 is 5.91 Å². The maximum Gasteiger partial charge on any atom is 0.254 e. The summed E-state index contributed by atoms with van der Waals surface area (Å²) in [5.41, 5.74) is 1.73. The third kappa shape index (κ3) is 4.17. The molecule has 2 aromatic rings. The van der Waals surface area contributed by atoms with Gasteiger partial charge in [-0.25, -0.2) is 0 Å². The summed E-state index contributed by atoms with van der Waals surface area (Å²) in [6, 6.07) is 9.50. The fourth-order valence-corrected chi connectivity index (χ4v) is 2.96. The van der Waals surface area contributed by atoms with E-state index in [0.29, 0.717) is 23.8 Å². The molecule has 1 atom stereocenters. The molecule has 1 N–H and O–H groups in total. The summed E-state index contributed by atoms with van der Waals surface area (Å²) in [4.78, 5) is 14.7. The zero-order valence-electron chi connectivity index (χ0n) is 14.2. The van der Waals surface area contributed by atoms with E-state index in [-0.39, 0.29) is 12.5 Å². The van der Waals surface area contributed by atoms with Crippen LogP contribution in [0.1, 0.15) is 28.1 Å². The number of furan rings is 1. The first-order valence-corrected chi connectivity index (χ1v) is 8.34. The Labute approximate surface area is 142 Å². The van der Waals surface area contributed by atoms with E-state index in [1.807, 2.05) is 31.2 Å². The number of benzene rings is 1. The van der Waals surface area contributed by atoms with E-state index < -0.39 is 0 Å². The smallest absolute Gasteiger partial charge is 0.254 e. The predicted molar refractivity (Wildman–Crippen MR) is 92.2 cm³/mol. The van der Waals surface area contributed by atoms with Gasteiger partial charge in [0.2, 0.25) is 0 Å². The topological polar surface area (TPSA) is 54.7 Å². The van der Waals surface area contributed by atoms with Crippen LogP contribution in [0.3, 0.4) is 0 Å². The number of aryl methyl sites for hydroxylation is 1. The van der Waals surface area contributed by atoms with Gasteiger partial charge in [-0.2, -0.15) is 0 Å². The van der Waals surface area contributed by atoms with E-state index in [1.165, 1.54) is 11.8 Å². The van der Waals surface area contributed by atoms with Gasteiger partial charge in [0.1, 0.15) is 12.4 Å². The number of ether oxygens (including phenoxy) is 1. The normalized spacial score (nSPS) is 17.8. The van der Waals surface area contributed by atoms with Crippen LogP contribution in [-0.2, 0) is 6.61 Å². The lowest BCUT2D eigenvalue weighted by atomic mass is 10.1. The Morgan fingerprint density at radius 3 is 2.83 bits per heavy atom. The third-order valence-corrected chi connectivity index (χ3v) is 4.42. The number of rotatable bonds is 6. The standard InChI is InChI=1S/C19H24N2O3/c1-14-3-5-16(6-4-14)24-13-18-17(8-10-23-18)19(22)20-11-15-7-9-21(2)12-15/h3-6,8,10,15H,7,9,11-13H2,1-2H3,(H,20,22)/t15-/m0/s1. The Bertz CT molecular complexity index is 678. The van der Waals surface area contributed by atoms with Crippen molar-refractivity contribution in [2.75, 3.05) is 26.7 Å². The van der Waals surface area contributed by atoms with Crippen LogP contribution in [0.4, 0.5) is 0 Å². The van der Waals surface area contributed by atoms with E-state index >= 15 is 0 Å². The summed E-state index contributed by atoms with van der Waals surface area (Å²) in [6.45, 7) is 5.11. The van der Waals surface area contributed by atoms with Gasteiger partial charge in [-0.05, 0) is 51.1 Å². The largest absolute Gasteiger partial charge is 0.486 e. The summed E-state index contributed by atoms with van der Waals surface area (Å²) < 4.78 is 11.1. The number of carbonyl (C=O) groups is 1. The van der Waals surface area contributed by atoms with Crippen molar-refractivity contribution < 1.29 is 13.9 Å². The molecule has 2 heterocycles. The van der Waals surface area contributed by atoms with Gasteiger partial charge < -0.3 is 19.4 Å². The van der Waals surface area contributed by atoms with Crippen LogP contribution >= 0.6 is 0 Å². The molecule has 3 rings (SSSR count). The maximum absolute atomic E-state index is 12.4. The van der Waals surface area contributed by atoms with Crippen LogP contribution in [0.2, 0.25) is 0 Å². The SMILES string of the molecule is Cc1ccc(OCc2occc2C(=O)NC[C@@H]2CCN(C)C2)cc1. The summed E-state index contributed by atoms with van der Waals surface area (Å²) in [6.07, 6.45) is 2.66. The van der Waals surface area contributed by atoms with Crippen molar-refractivity contribution in [3.05, 3.63) is 53.5 Å². The molecule has 0 saturated carbocycles. The molecule has 0 bridgehead atoms. The molecule has 1 aliphatic rings. The van der Waals surface area contributed by atoms with E-state index in [4.69, 9.17) is 9.15 Å². The molecule has 5 nitrogen and oxygen atoms in total. The molecule has 1 saturated heterocycles. The first-order chi connectivity index (χ1) is 11.6. The lowest BCUT2D eigenvalue weighted by Crippen LogP contribution is -2.30. The molecule has 1 aromatic heterocycles. The number of nitrogens with one attached hydrogen (secondary N) is 1. The molecule has 128 valence electrons. The van der Waals surface area contributed by atoms with Crippen molar-refractivity contribution in [2.45, 2.75) is 20.0 Å². The van der Waals surface area contributed by atoms with Gasteiger partial charge in [0.05, 0.1) is 11.8 Å². The molecular formula is C19H24N2O3. The molecule has 24 heavy (non-hydrogen) atoms. The highest BCUT2D eigenvalue weighted by Gasteiger charge is 2.21. The summed E-state index contributed by atoms with van der Waals surface area (Å²) in [5, 5.41) is 3.01. The van der Waals surface area contributed by atoms with Crippen molar-refractivity contribution in [2.24, 2.45) is 5.92 Å². The lowest BCUT2D eigenvalue weighted by molar-refractivity contribution is 0.0943. The molecule has 0 spiro atoms. The number of nitrogens with zero attached hydrogens (tertiary/aromatic N) is 1. The maximum atomic E-state index is 12.4. The van der Waals surface area contributed by atoms with Gasteiger partial charge in [-0.1, -0.05) is 17.7 Å². The van der Waals surface area contributed by atoms with E-state index in [9.17, 15) is 4.79 Å². The molecule has 0 radical (unpaired) electrons. The Morgan fingerprint density at radius 1 is 1.33 bits per heavy atom. The number of amides is 1. The highest BCUT2D eigenvalue weighted by atomic mass is 16.5. The molecular weight excluding hydrogens is 304 g/mol. The molecule has 1 aromatic carbocycles. The van der Waals surface area contributed by atoms with Crippen LogP contribution in [0.25, 0.3) is 0 Å². The Hall–Kier alpha value is -2.27. The molecule has 1 fully saturated rings. The van der Waals surface area contributed by atoms with Gasteiger partial charge in [0.15, 0.2) is 5.76 Å². The van der Waals surface area contributed by atoms with Crippen LogP contribution in [-0.4, -0.2) is 37.5 Å². The van der Waals surface area contributed by atoms with Crippen LogP contribution in [0.15, 0.2) is 41.0 Å². The fourth-order valence-electron chi connectivity index (χ4n) is 2.96. The molecule has 1 aliphatic heterocycles. The fraction of sp³-hybridized carbons (Fsp3) is 0.421. The minimum Gasteiger partial charge on any atom is -0.486 e. The summed E-state index contributed by atoms with van der Waals surface area (Å²) >= 11 is 0. The van der Waals surface area contributed by atoms with Gasteiger partial charge in [0.25, 0.3) is 5.91 Å². The summed E-state index contributed by atoms with van der Waals surface area (Å²) in [5.74, 6) is 1.74. The zero-order valence-corrected chi connectivity index (χ0v) is 14.2.